The number of halogens is 2. The van der Waals surface area contributed by atoms with Crippen molar-refractivity contribution in [3.63, 3.8) is 0 Å². The third-order valence-electron chi connectivity index (χ3n) is 6.79. The van der Waals surface area contributed by atoms with Crippen LogP contribution in [0.1, 0.15) is 111 Å². The van der Waals surface area contributed by atoms with E-state index in [1.54, 1.807) is 0 Å². The second-order valence-electron chi connectivity index (χ2n) is 10.0. The maximum absolute atomic E-state index is 14.5. The minimum absolute atomic E-state index is 0.172. The highest BCUT2D eigenvalue weighted by molar-refractivity contribution is 5.48. The third kappa shape index (κ3) is 10.2. The van der Waals surface area contributed by atoms with E-state index in [2.05, 4.69) is 37.5 Å². The fourth-order valence-corrected chi connectivity index (χ4v) is 4.42. The van der Waals surface area contributed by atoms with Gasteiger partial charge in [0, 0.05) is 22.3 Å². The largest absolute Gasteiger partial charge is 0.207 e. The first-order valence-electron chi connectivity index (χ1n) is 14.3. The van der Waals surface area contributed by atoms with Crippen LogP contribution in [0.15, 0.2) is 60.7 Å². The van der Waals surface area contributed by atoms with E-state index in [0.29, 0.717) is 11.1 Å². The van der Waals surface area contributed by atoms with Gasteiger partial charge in [-0.2, -0.15) is 0 Å². The molecule has 0 aliphatic heterocycles. The van der Waals surface area contributed by atoms with Crippen molar-refractivity contribution >= 4 is 0 Å². The van der Waals surface area contributed by atoms with Gasteiger partial charge in [0.1, 0.15) is 11.6 Å². The second kappa shape index (κ2) is 16.5. The van der Waals surface area contributed by atoms with Gasteiger partial charge in [0.05, 0.1) is 0 Å². The average molecular weight is 511 g/mol. The van der Waals surface area contributed by atoms with Gasteiger partial charge >= 0.3 is 0 Å². The predicted molar refractivity (Wildman–Crippen MR) is 156 cm³/mol. The van der Waals surface area contributed by atoms with Crippen LogP contribution >= 0.6 is 0 Å². The quantitative estimate of drug-likeness (QED) is 0.168. The van der Waals surface area contributed by atoms with Gasteiger partial charge in [-0.1, -0.05) is 101 Å². The molecule has 3 aromatic rings. The summed E-state index contributed by atoms with van der Waals surface area (Å²) < 4.78 is 28.9. The third-order valence-corrected chi connectivity index (χ3v) is 6.79. The highest BCUT2D eigenvalue weighted by Crippen LogP contribution is 2.16. The summed E-state index contributed by atoms with van der Waals surface area (Å²) in [5, 5.41) is 0. The molecule has 0 unspecified atom stereocenters. The normalized spacial score (nSPS) is 10.4. The summed E-state index contributed by atoms with van der Waals surface area (Å²) in [4.78, 5) is 0. The van der Waals surface area contributed by atoms with Crippen molar-refractivity contribution in [3.05, 3.63) is 106 Å². The summed E-state index contributed by atoms with van der Waals surface area (Å²) in [5.74, 6) is 12.0. The lowest BCUT2D eigenvalue weighted by Crippen LogP contribution is -1.92. The van der Waals surface area contributed by atoms with Crippen molar-refractivity contribution < 1.29 is 8.78 Å². The Bertz CT molecular complexity index is 1160. The molecule has 0 nitrogen and oxygen atoms in total. The summed E-state index contributed by atoms with van der Waals surface area (Å²) in [6.45, 7) is 4.39. The molecule has 0 fully saturated rings. The first-order chi connectivity index (χ1) is 18.6. The lowest BCUT2D eigenvalue weighted by molar-refractivity contribution is 0.587. The van der Waals surface area contributed by atoms with E-state index in [1.165, 1.54) is 50.7 Å². The molecule has 3 rings (SSSR count). The number of aryl methyl sites for hydroxylation is 2. The van der Waals surface area contributed by atoms with Gasteiger partial charge in [0.2, 0.25) is 0 Å². The zero-order valence-corrected chi connectivity index (χ0v) is 23.0. The fourth-order valence-electron chi connectivity index (χ4n) is 4.42. The second-order valence-corrected chi connectivity index (χ2v) is 10.0. The molecular formula is C36H40F2. The van der Waals surface area contributed by atoms with Crippen LogP contribution in [-0.4, -0.2) is 0 Å². The number of hydrogen-bond acceptors (Lipinski definition) is 0. The summed E-state index contributed by atoms with van der Waals surface area (Å²) in [5.41, 5.74) is 4.56. The molecule has 0 amide bonds. The van der Waals surface area contributed by atoms with E-state index in [0.717, 1.165) is 60.8 Å². The van der Waals surface area contributed by atoms with Crippen LogP contribution in [0.5, 0.6) is 0 Å². The Morgan fingerprint density at radius 2 is 0.789 bits per heavy atom. The van der Waals surface area contributed by atoms with Crippen LogP contribution < -0.4 is 0 Å². The van der Waals surface area contributed by atoms with Crippen molar-refractivity contribution in [1.82, 2.24) is 0 Å². The van der Waals surface area contributed by atoms with Crippen LogP contribution in [0.25, 0.3) is 0 Å². The molecule has 0 aromatic heterocycles. The van der Waals surface area contributed by atoms with Crippen molar-refractivity contribution in [2.75, 3.05) is 0 Å². The molecule has 0 bridgehead atoms. The van der Waals surface area contributed by atoms with Gasteiger partial charge in [-0.05, 0) is 85.3 Å². The van der Waals surface area contributed by atoms with Gasteiger partial charge in [-0.25, -0.2) is 8.78 Å². The van der Waals surface area contributed by atoms with E-state index in [-0.39, 0.29) is 11.6 Å². The zero-order chi connectivity index (χ0) is 27.0. The molecule has 0 heterocycles. The van der Waals surface area contributed by atoms with E-state index in [4.69, 9.17) is 0 Å². The molecule has 3 aromatic carbocycles. The highest BCUT2D eigenvalue weighted by atomic mass is 19.1. The SMILES string of the molecule is CCCCCCCc1ccc(C#Cc2ccc(C#Cc3ccc(CCCCCCC)c(F)c3)cc2)cc1F. The number of rotatable bonds is 12. The van der Waals surface area contributed by atoms with Crippen molar-refractivity contribution in [1.29, 1.82) is 0 Å². The van der Waals surface area contributed by atoms with E-state index in [9.17, 15) is 8.78 Å². The van der Waals surface area contributed by atoms with E-state index < -0.39 is 0 Å². The molecule has 0 radical (unpaired) electrons. The molecule has 0 atom stereocenters. The van der Waals surface area contributed by atoms with Crippen LogP contribution in [0.4, 0.5) is 8.78 Å². The van der Waals surface area contributed by atoms with E-state index >= 15 is 0 Å². The maximum atomic E-state index is 14.5. The van der Waals surface area contributed by atoms with Gasteiger partial charge < -0.3 is 0 Å². The number of benzene rings is 3. The Kier molecular flexibility index (Phi) is 12.7. The standard InChI is InChI=1S/C36H40F2/c1-3-5-7-9-11-13-33-25-23-31(27-35(33)37)21-19-29-15-17-30(18-16-29)20-22-32-24-26-34(36(38)28-32)14-12-10-8-6-4-2/h15-18,23-28H,3-14H2,1-2H3. The Morgan fingerprint density at radius 3 is 1.16 bits per heavy atom. The monoisotopic (exact) mass is 510 g/mol. The Hall–Kier alpha value is -3.36. The molecule has 38 heavy (non-hydrogen) atoms. The molecule has 0 saturated carbocycles. The topological polar surface area (TPSA) is 0 Å². The van der Waals surface area contributed by atoms with Crippen LogP contribution in [0, 0.1) is 35.3 Å². The summed E-state index contributed by atoms with van der Waals surface area (Å²) in [6, 6.07) is 18.2. The molecular weight excluding hydrogens is 470 g/mol. The number of unbranched alkanes of at least 4 members (excludes halogenated alkanes) is 8. The molecule has 2 heteroatoms. The summed E-state index contributed by atoms with van der Waals surface area (Å²) in [6.07, 6.45) is 13.3. The molecule has 0 N–H and O–H groups in total. The lowest BCUT2D eigenvalue weighted by atomic mass is 10.0. The molecule has 0 spiro atoms. The van der Waals surface area contributed by atoms with Gasteiger partial charge in [0.15, 0.2) is 0 Å². The summed E-state index contributed by atoms with van der Waals surface area (Å²) in [7, 11) is 0. The van der Waals surface area contributed by atoms with Gasteiger partial charge in [0.25, 0.3) is 0 Å². The fraction of sp³-hybridized carbons (Fsp3) is 0.389. The van der Waals surface area contributed by atoms with E-state index in [1.807, 2.05) is 48.5 Å². The van der Waals surface area contributed by atoms with Gasteiger partial charge in [-0.15, -0.1) is 0 Å². The lowest BCUT2D eigenvalue weighted by Gasteiger charge is -2.04. The first kappa shape index (κ1) is 29.2. The van der Waals surface area contributed by atoms with Crippen molar-refractivity contribution in [3.8, 4) is 23.7 Å². The predicted octanol–water partition coefficient (Wildman–Crippen LogP) is 9.79. The summed E-state index contributed by atoms with van der Waals surface area (Å²) >= 11 is 0. The smallest absolute Gasteiger partial charge is 0.127 e. The number of hydrogen-bond donors (Lipinski definition) is 0. The van der Waals surface area contributed by atoms with Crippen molar-refractivity contribution in [2.24, 2.45) is 0 Å². The van der Waals surface area contributed by atoms with Crippen LogP contribution in [-0.2, 0) is 12.8 Å². The minimum Gasteiger partial charge on any atom is -0.207 e. The highest BCUT2D eigenvalue weighted by Gasteiger charge is 2.04. The minimum atomic E-state index is -0.172. The zero-order valence-electron chi connectivity index (χ0n) is 23.0. The first-order valence-corrected chi connectivity index (χ1v) is 14.3. The molecule has 0 aliphatic carbocycles. The average Bonchev–Trinajstić information content (AvgIpc) is 2.93. The molecule has 0 aliphatic rings. The van der Waals surface area contributed by atoms with Crippen molar-refractivity contribution in [2.45, 2.75) is 90.9 Å². The molecule has 0 saturated heterocycles. The van der Waals surface area contributed by atoms with Gasteiger partial charge in [-0.3, -0.25) is 0 Å². The molecule has 198 valence electrons. The Labute approximate surface area is 228 Å². The van der Waals surface area contributed by atoms with Crippen LogP contribution in [0.3, 0.4) is 0 Å². The Balaban J connectivity index is 1.54. The Morgan fingerprint density at radius 1 is 0.447 bits per heavy atom. The van der Waals surface area contributed by atoms with Crippen LogP contribution in [0.2, 0.25) is 0 Å². The maximum Gasteiger partial charge on any atom is 0.127 e.